The summed E-state index contributed by atoms with van der Waals surface area (Å²) in [4.78, 5) is 17.3. The summed E-state index contributed by atoms with van der Waals surface area (Å²) in [6, 6.07) is 5.85. The second-order valence-corrected chi connectivity index (χ2v) is 7.10. The molecule has 0 aromatic heterocycles. The van der Waals surface area contributed by atoms with Crippen LogP contribution in [-0.2, 0) is 4.79 Å². The van der Waals surface area contributed by atoms with E-state index in [2.05, 4.69) is 15.1 Å². The van der Waals surface area contributed by atoms with Crippen molar-refractivity contribution in [2.75, 3.05) is 45.2 Å². The zero-order chi connectivity index (χ0) is 16.9. The van der Waals surface area contributed by atoms with Gasteiger partial charge in [0.25, 0.3) is 0 Å². The van der Waals surface area contributed by atoms with Crippen LogP contribution in [0.4, 0.5) is 5.69 Å². The molecule has 2 saturated heterocycles. The third-order valence-electron chi connectivity index (χ3n) is 4.94. The van der Waals surface area contributed by atoms with Crippen LogP contribution in [0.25, 0.3) is 0 Å². The zero-order valence-corrected chi connectivity index (χ0v) is 15.0. The van der Waals surface area contributed by atoms with Crippen molar-refractivity contribution in [1.29, 1.82) is 0 Å². The summed E-state index contributed by atoms with van der Waals surface area (Å²) < 4.78 is 5.28. The molecule has 2 heterocycles. The van der Waals surface area contributed by atoms with Crippen molar-refractivity contribution in [3.05, 3.63) is 23.2 Å². The third-order valence-corrected chi connectivity index (χ3v) is 5.18. The highest BCUT2D eigenvalue weighted by atomic mass is 35.5. The first-order chi connectivity index (χ1) is 11.7. The first-order valence-electron chi connectivity index (χ1n) is 8.75. The van der Waals surface area contributed by atoms with Crippen LogP contribution < -0.4 is 10.1 Å². The Morgan fingerprint density at radius 1 is 1.29 bits per heavy atom. The minimum Gasteiger partial charge on any atom is -0.495 e. The number of anilines is 1. The first kappa shape index (κ1) is 17.5. The molecule has 6 heteroatoms. The number of likely N-dealkylation sites (tertiary alicyclic amines) is 2. The summed E-state index contributed by atoms with van der Waals surface area (Å²) in [7, 11) is 1.59. The van der Waals surface area contributed by atoms with Gasteiger partial charge in [-0.2, -0.15) is 0 Å². The second kappa shape index (κ2) is 8.19. The predicted octanol–water partition coefficient (Wildman–Crippen LogP) is 2.85. The smallest absolute Gasteiger partial charge is 0.238 e. The molecule has 0 aliphatic carbocycles. The van der Waals surface area contributed by atoms with E-state index >= 15 is 0 Å². The van der Waals surface area contributed by atoms with Crippen LogP contribution in [0, 0.1) is 0 Å². The summed E-state index contributed by atoms with van der Waals surface area (Å²) >= 11 is 6.02. The zero-order valence-electron chi connectivity index (χ0n) is 14.3. The van der Waals surface area contributed by atoms with Gasteiger partial charge in [0.1, 0.15) is 5.75 Å². The van der Waals surface area contributed by atoms with E-state index in [9.17, 15) is 4.79 Å². The summed E-state index contributed by atoms with van der Waals surface area (Å²) in [5, 5.41) is 3.51. The second-order valence-electron chi connectivity index (χ2n) is 6.67. The molecule has 3 rings (SSSR count). The van der Waals surface area contributed by atoms with Crippen molar-refractivity contribution in [3.63, 3.8) is 0 Å². The fourth-order valence-electron chi connectivity index (χ4n) is 3.75. The lowest BCUT2D eigenvalue weighted by Crippen LogP contribution is -2.48. The number of ether oxygens (including phenoxy) is 1. The van der Waals surface area contributed by atoms with E-state index in [1.54, 1.807) is 25.3 Å². The topological polar surface area (TPSA) is 44.8 Å². The first-order valence-corrected chi connectivity index (χ1v) is 9.13. The number of amides is 1. The average molecular weight is 352 g/mol. The van der Waals surface area contributed by atoms with Crippen LogP contribution in [0.5, 0.6) is 5.75 Å². The van der Waals surface area contributed by atoms with Gasteiger partial charge < -0.3 is 10.1 Å². The minimum atomic E-state index is -0.0161. The number of carbonyl (C=O) groups excluding carboxylic acids is 1. The fourth-order valence-corrected chi connectivity index (χ4v) is 3.92. The lowest BCUT2D eigenvalue weighted by molar-refractivity contribution is -0.117. The summed E-state index contributed by atoms with van der Waals surface area (Å²) in [6.07, 6.45) is 5.03. The van der Waals surface area contributed by atoms with Gasteiger partial charge in [0, 0.05) is 17.6 Å². The lowest BCUT2D eigenvalue weighted by Gasteiger charge is -2.37. The Balaban J connectivity index is 1.55. The molecule has 1 unspecified atom stereocenters. The molecule has 0 bridgehead atoms. The Morgan fingerprint density at radius 3 is 2.83 bits per heavy atom. The normalized spacial score (nSPS) is 22.5. The molecule has 1 aromatic carbocycles. The van der Waals surface area contributed by atoms with E-state index < -0.39 is 0 Å². The number of benzene rings is 1. The van der Waals surface area contributed by atoms with Crippen LogP contribution in [0.2, 0.25) is 5.02 Å². The molecule has 1 N–H and O–H groups in total. The van der Waals surface area contributed by atoms with E-state index in [0.29, 0.717) is 29.0 Å². The van der Waals surface area contributed by atoms with E-state index in [1.807, 2.05) is 0 Å². The van der Waals surface area contributed by atoms with Crippen LogP contribution in [0.3, 0.4) is 0 Å². The van der Waals surface area contributed by atoms with Gasteiger partial charge in [0.2, 0.25) is 5.91 Å². The van der Waals surface area contributed by atoms with E-state index in [-0.39, 0.29) is 5.91 Å². The molecule has 24 heavy (non-hydrogen) atoms. The third kappa shape index (κ3) is 4.41. The molecule has 2 aliphatic rings. The highest BCUT2D eigenvalue weighted by Crippen LogP contribution is 2.27. The summed E-state index contributed by atoms with van der Waals surface area (Å²) in [6.45, 7) is 4.82. The maximum absolute atomic E-state index is 12.4. The Labute approximate surface area is 148 Å². The van der Waals surface area contributed by atoms with Crippen molar-refractivity contribution >= 4 is 23.2 Å². The highest BCUT2D eigenvalue weighted by molar-refractivity contribution is 6.31. The van der Waals surface area contributed by atoms with E-state index in [0.717, 1.165) is 19.5 Å². The molecular weight excluding hydrogens is 326 g/mol. The Bertz CT molecular complexity index is 575. The van der Waals surface area contributed by atoms with Gasteiger partial charge in [-0.15, -0.1) is 0 Å². The number of nitrogens with one attached hydrogen (secondary N) is 1. The summed E-state index contributed by atoms with van der Waals surface area (Å²) in [5.74, 6) is 0.610. The number of nitrogens with zero attached hydrogens (tertiary/aromatic N) is 2. The summed E-state index contributed by atoms with van der Waals surface area (Å²) in [5.41, 5.74) is 0.628. The minimum absolute atomic E-state index is 0.0161. The van der Waals surface area contributed by atoms with Crippen molar-refractivity contribution in [2.45, 2.75) is 31.7 Å². The molecule has 1 atom stereocenters. The number of hydrogen-bond acceptors (Lipinski definition) is 4. The maximum atomic E-state index is 12.4. The predicted molar refractivity (Wildman–Crippen MR) is 96.9 cm³/mol. The quantitative estimate of drug-likeness (QED) is 0.886. The van der Waals surface area contributed by atoms with Gasteiger partial charge in [0.05, 0.1) is 19.3 Å². The Hall–Kier alpha value is -1.30. The van der Waals surface area contributed by atoms with Gasteiger partial charge in [0.15, 0.2) is 0 Å². The SMILES string of the molecule is COc1ccc(Cl)cc1NC(=O)CN1CCCC(N2CCCC2)C1. The van der Waals surface area contributed by atoms with Gasteiger partial charge in [-0.05, 0) is 63.5 Å². The monoisotopic (exact) mass is 351 g/mol. The highest BCUT2D eigenvalue weighted by Gasteiger charge is 2.27. The number of hydrogen-bond donors (Lipinski definition) is 1. The van der Waals surface area contributed by atoms with Gasteiger partial charge in [-0.25, -0.2) is 0 Å². The molecule has 132 valence electrons. The fraction of sp³-hybridized carbons (Fsp3) is 0.611. The van der Waals surface area contributed by atoms with E-state index in [4.69, 9.17) is 16.3 Å². The van der Waals surface area contributed by atoms with E-state index in [1.165, 1.54) is 32.4 Å². The molecule has 2 fully saturated rings. The lowest BCUT2D eigenvalue weighted by atomic mass is 10.0. The van der Waals surface area contributed by atoms with Gasteiger partial charge >= 0.3 is 0 Å². The largest absolute Gasteiger partial charge is 0.495 e. The van der Waals surface area contributed by atoms with Crippen molar-refractivity contribution < 1.29 is 9.53 Å². The van der Waals surface area contributed by atoms with Crippen LogP contribution in [-0.4, -0.2) is 61.6 Å². The molecule has 0 radical (unpaired) electrons. The molecule has 1 amide bonds. The number of methoxy groups -OCH3 is 1. The van der Waals surface area contributed by atoms with Crippen LogP contribution in [0.1, 0.15) is 25.7 Å². The molecule has 2 aliphatic heterocycles. The van der Waals surface area contributed by atoms with Crippen LogP contribution >= 0.6 is 11.6 Å². The van der Waals surface area contributed by atoms with Gasteiger partial charge in [-0.1, -0.05) is 11.6 Å². The number of carbonyl (C=O) groups is 1. The molecule has 5 nitrogen and oxygen atoms in total. The Kier molecular flexibility index (Phi) is 5.98. The van der Waals surface area contributed by atoms with Crippen molar-refractivity contribution in [3.8, 4) is 5.75 Å². The number of piperidine rings is 1. The van der Waals surface area contributed by atoms with Crippen molar-refractivity contribution in [2.24, 2.45) is 0 Å². The van der Waals surface area contributed by atoms with Crippen molar-refractivity contribution in [1.82, 2.24) is 9.80 Å². The standard InChI is InChI=1S/C18H26ClN3O2/c1-24-17-7-6-14(19)11-16(17)20-18(23)13-21-8-4-5-15(12-21)22-9-2-3-10-22/h6-7,11,15H,2-5,8-10,12-13H2,1H3,(H,20,23). The number of rotatable bonds is 5. The Morgan fingerprint density at radius 2 is 2.08 bits per heavy atom. The van der Waals surface area contributed by atoms with Gasteiger partial charge in [-0.3, -0.25) is 14.6 Å². The molecular formula is C18H26ClN3O2. The molecule has 1 aromatic rings. The maximum Gasteiger partial charge on any atom is 0.238 e. The van der Waals surface area contributed by atoms with Crippen LogP contribution in [0.15, 0.2) is 18.2 Å². The molecule has 0 spiro atoms. The molecule has 0 saturated carbocycles. The number of halogens is 1. The average Bonchev–Trinajstić information content (AvgIpc) is 3.10.